The fourth-order valence-electron chi connectivity index (χ4n) is 2.47. The predicted octanol–water partition coefficient (Wildman–Crippen LogP) is 2.42. The standard InChI is InChI=1S/C20H26N2O6S/c1-4-27-17-7-5-16(6-8-17)22-29(24,25)19-11-9-18(10-12-19)28-14-20(23)21-15(2)13-26-3/h5-12,15,22H,4,13-14H2,1-3H3,(H,21,23)/t15-/m0/s1. The minimum Gasteiger partial charge on any atom is -0.494 e. The number of hydrogen-bond donors (Lipinski definition) is 2. The van der Waals surface area contributed by atoms with Gasteiger partial charge in [-0.1, -0.05) is 0 Å². The number of methoxy groups -OCH3 is 1. The molecule has 0 bridgehead atoms. The molecule has 0 aliphatic heterocycles. The summed E-state index contributed by atoms with van der Waals surface area (Å²) in [6.45, 7) is 4.45. The lowest BCUT2D eigenvalue weighted by Crippen LogP contribution is -2.38. The van der Waals surface area contributed by atoms with E-state index in [1.54, 1.807) is 31.4 Å². The second-order valence-corrected chi connectivity index (χ2v) is 7.93. The highest BCUT2D eigenvalue weighted by Gasteiger charge is 2.15. The molecule has 0 saturated heterocycles. The van der Waals surface area contributed by atoms with Crippen LogP contribution in [0.3, 0.4) is 0 Å². The molecule has 158 valence electrons. The SMILES string of the molecule is CCOc1ccc(NS(=O)(=O)c2ccc(OCC(=O)N[C@@H](C)COC)cc2)cc1. The predicted molar refractivity (Wildman–Crippen MR) is 110 cm³/mol. The summed E-state index contributed by atoms with van der Waals surface area (Å²) in [6, 6.07) is 12.3. The average Bonchev–Trinajstić information content (AvgIpc) is 2.68. The van der Waals surface area contributed by atoms with Crippen molar-refractivity contribution in [1.29, 1.82) is 0 Å². The lowest BCUT2D eigenvalue weighted by atomic mass is 10.3. The van der Waals surface area contributed by atoms with Gasteiger partial charge in [0.2, 0.25) is 0 Å². The highest BCUT2D eigenvalue weighted by molar-refractivity contribution is 7.92. The third-order valence-corrected chi connectivity index (χ3v) is 5.14. The van der Waals surface area contributed by atoms with E-state index in [-0.39, 0.29) is 23.5 Å². The van der Waals surface area contributed by atoms with Crippen molar-refractivity contribution in [3.8, 4) is 11.5 Å². The molecule has 0 aliphatic rings. The third kappa shape index (κ3) is 7.28. The maximum atomic E-state index is 12.5. The molecule has 9 heteroatoms. The van der Waals surface area contributed by atoms with Crippen LogP contribution in [0.4, 0.5) is 5.69 Å². The lowest BCUT2D eigenvalue weighted by molar-refractivity contribution is -0.124. The van der Waals surface area contributed by atoms with Crippen molar-refractivity contribution in [2.75, 3.05) is 31.7 Å². The van der Waals surface area contributed by atoms with Crippen LogP contribution < -0.4 is 19.5 Å². The largest absolute Gasteiger partial charge is 0.494 e. The van der Waals surface area contributed by atoms with Crippen LogP contribution in [0.1, 0.15) is 13.8 Å². The van der Waals surface area contributed by atoms with Crippen LogP contribution in [-0.2, 0) is 19.6 Å². The zero-order chi connectivity index (χ0) is 21.3. The molecule has 2 N–H and O–H groups in total. The number of anilines is 1. The number of carbonyl (C=O) groups excluding carboxylic acids is 1. The van der Waals surface area contributed by atoms with Crippen molar-refractivity contribution in [2.24, 2.45) is 0 Å². The molecule has 2 aromatic rings. The maximum absolute atomic E-state index is 12.5. The Kier molecular flexibility index (Phi) is 8.29. The van der Waals surface area contributed by atoms with Gasteiger partial charge in [0.1, 0.15) is 11.5 Å². The monoisotopic (exact) mass is 422 g/mol. The van der Waals surface area contributed by atoms with Crippen LogP contribution in [0, 0.1) is 0 Å². The Morgan fingerprint density at radius 2 is 1.59 bits per heavy atom. The maximum Gasteiger partial charge on any atom is 0.261 e. The highest BCUT2D eigenvalue weighted by Crippen LogP contribution is 2.21. The summed E-state index contributed by atoms with van der Waals surface area (Å²) in [7, 11) is -2.19. The minimum atomic E-state index is -3.75. The van der Waals surface area contributed by atoms with E-state index >= 15 is 0 Å². The Morgan fingerprint density at radius 1 is 1.00 bits per heavy atom. The van der Waals surface area contributed by atoms with E-state index in [4.69, 9.17) is 14.2 Å². The first-order valence-electron chi connectivity index (χ1n) is 9.11. The molecular weight excluding hydrogens is 396 g/mol. The van der Waals surface area contributed by atoms with Crippen molar-refractivity contribution >= 4 is 21.6 Å². The Labute approximate surface area is 171 Å². The number of sulfonamides is 1. The van der Waals surface area contributed by atoms with Gasteiger partial charge in [-0.15, -0.1) is 0 Å². The summed E-state index contributed by atoms with van der Waals surface area (Å²) in [5.74, 6) is 0.764. The van der Waals surface area contributed by atoms with E-state index in [2.05, 4.69) is 10.0 Å². The molecule has 2 rings (SSSR count). The molecule has 0 aromatic heterocycles. The molecule has 0 spiro atoms. The van der Waals surface area contributed by atoms with Crippen LogP contribution >= 0.6 is 0 Å². The molecule has 0 aliphatic carbocycles. The lowest BCUT2D eigenvalue weighted by Gasteiger charge is -2.13. The number of rotatable bonds is 11. The summed E-state index contributed by atoms with van der Waals surface area (Å²) < 4.78 is 43.2. The summed E-state index contributed by atoms with van der Waals surface area (Å²) in [5.41, 5.74) is 0.427. The molecule has 0 radical (unpaired) electrons. The first-order valence-corrected chi connectivity index (χ1v) is 10.6. The number of amides is 1. The second kappa shape index (κ2) is 10.7. The topological polar surface area (TPSA) is 103 Å². The number of nitrogens with one attached hydrogen (secondary N) is 2. The van der Waals surface area contributed by atoms with Gasteiger partial charge in [0.05, 0.1) is 18.1 Å². The van der Waals surface area contributed by atoms with Gasteiger partial charge in [-0.25, -0.2) is 8.42 Å². The van der Waals surface area contributed by atoms with Gasteiger partial charge in [0.15, 0.2) is 6.61 Å². The zero-order valence-electron chi connectivity index (χ0n) is 16.7. The molecule has 0 unspecified atom stereocenters. The average molecular weight is 423 g/mol. The second-order valence-electron chi connectivity index (χ2n) is 6.25. The smallest absolute Gasteiger partial charge is 0.261 e. The number of benzene rings is 2. The normalized spacial score (nSPS) is 12.1. The Morgan fingerprint density at radius 3 is 2.17 bits per heavy atom. The molecule has 8 nitrogen and oxygen atoms in total. The molecule has 0 saturated carbocycles. The van der Waals surface area contributed by atoms with Crippen molar-refractivity contribution in [1.82, 2.24) is 5.32 Å². The fraction of sp³-hybridized carbons (Fsp3) is 0.350. The molecule has 1 amide bonds. The number of ether oxygens (including phenoxy) is 3. The molecular formula is C20H26N2O6S. The van der Waals surface area contributed by atoms with Crippen molar-refractivity contribution in [2.45, 2.75) is 24.8 Å². The molecule has 29 heavy (non-hydrogen) atoms. The van der Waals surface area contributed by atoms with Crippen LogP contribution in [0.5, 0.6) is 11.5 Å². The summed E-state index contributed by atoms with van der Waals surface area (Å²) in [4.78, 5) is 11.9. The first-order chi connectivity index (χ1) is 13.8. The van der Waals surface area contributed by atoms with E-state index in [0.717, 1.165) is 0 Å². The van der Waals surface area contributed by atoms with Crippen molar-refractivity contribution in [3.63, 3.8) is 0 Å². The third-order valence-electron chi connectivity index (χ3n) is 3.75. The quantitative estimate of drug-likeness (QED) is 0.577. The molecule has 2 aromatic carbocycles. The van der Waals surface area contributed by atoms with Gasteiger partial charge >= 0.3 is 0 Å². The van der Waals surface area contributed by atoms with Gasteiger partial charge in [-0.05, 0) is 62.4 Å². The van der Waals surface area contributed by atoms with Gasteiger partial charge < -0.3 is 19.5 Å². The van der Waals surface area contributed by atoms with Crippen LogP contribution in [0.15, 0.2) is 53.4 Å². The van der Waals surface area contributed by atoms with E-state index in [9.17, 15) is 13.2 Å². The highest BCUT2D eigenvalue weighted by atomic mass is 32.2. The molecule has 0 fully saturated rings. The van der Waals surface area contributed by atoms with Crippen LogP contribution in [0.2, 0.25) is 0 Å². The fourth-order valence-corrected chi connectivity index (χ4v) is 3.53. The zero-order valence-corrected chi connectivity index (χ0v) is 17.5. The minimum absolute atomic E-state index is 0.0805. The van der Waals surface area contributed by atoms with Gasteiger partial charge in [-0.3, -0.25) is 9.52 Å². The van der Waals surface area contributed by atoms with Gasteiger partial charge in [-0.2, -0.15) is 0 Å². The first kappa shape index (κ1) is 22.5. The van der Waals surface area contributed by atoms with E-state index in [1.165, 1.54) is 24.3 Å². The number of carbonyl (C=O) groups is 1. The van der Waals surface area contributed by atoms with E-state index in [0.29, 0.717) is 30.4 Å². The summed E-state index contributed by atoms with van der Waals surface area (Å²) in [6.07, 6.45) is 0. The van der Waals surface area contributed by atoms with Crippen molar-refractivity contribution in [3.05, 3.63) is 48.5 Å². The Bertz CT molecular complexity index is 882. The van der Waals surface area contributed by atoms with E-state index < -0.39 is 10.0 Å². The van der Waals surface area contributed by atoms with Crippen LogP contribution in [0.25, 0.3) is 0 Å². The Balaban J connectivity index is 1.93. The van der Waals surface area contributed by atoms with Crippen LogP contribution in [-0.4, -0.2) is 47.3 Å². The summed E-state index contributed by atoms with van der Waals surface area (Å²) >= 11 is 0. The van der Waals surface area contributed by atoms with Gasteiger partial charge in [0.25, 0.3) is 15.9 Å². The number of hydrogen-bond acceptors (Lipinski definition) is 6. The Hall–Kier alpha value is -2.78. The van der Waals surface area contributed by atoms with E-state index in [1.807, 2.05) is 13.8 Å². The molecule has 1 atom stereocenters. The van der Waals surface area contributed by atoms with Gasteiger partial charge in [0, 0.05) is 18.8 Å². The molecule has 0 heterocycles. The summed E-state index contributed by atoms with van der Waals surface area (Å²) in [5, 5.41) is 2.72. The van der Waals surface area contributed by atoms with Crippen molar-refractivity contribution < 1.29 is 27.4 Å².